The number of rotatable bonds is 46. The van der Waals surface area contributed by atoms with Crippen molar-refractivity contribution in [1.29, 1.82) is 0 Å². The molecule has 0 bridgehead atoms. The zero-order valence-electron chi connectivity index (χ0n) is 41.5. The fourth-order valence-corrected chi connectivity index (χ4v) is 6.85. The summed E-state index contributed by atoms with van der Waals surface area (Å²) < 4.78 is 16.7. The van der Waals surface area contributed by atoms with Crippen LogP contribution < -0.4 is 0 Å². The van der Waals surface area contributed by atoms with Gasteiger partial charge in [-0.15, -0.1) is 0 Å². The van der Waals surface area contributed by atoms with Crippen molar-refractivity contribution in [2.24, 2.45) is 0 Å². The van der Waals surface area contributed by atoms with Gasteiger partial charge in [0.25, 0.3) is 0 Å². The lowest BCUT2D eigenvalue weighted by atomic mass is 10.1. The van der Waals surface area contributed by atoms with E-state index in [1.807, 2.05) is 0 Å². The Morgan fingerprint density at radius 3 is 1.06 bits per heavy atom. The molecule has 0 saturated carbocycles. The van der Waals surface area contributed by atoms with Gasteiger partial charge in [-0.3, -0.25) is 14.4 Å². The highest BCUT2D eigenvalue weighted by Crippen LogP contribution is 2.13. The summed E-state index contributed by atoms with van der Waals surface area (Å²) in [4.78, 5) is 37.9. The minimum Gasteiger partial charge on any atom is -0.462 e. The van der Waals surface area contributed by atoms with Crippen LogP contribution in [0.2, 0.25) is 0 Å². The first-order valence-electron chi connectivity index (χ1n) is 26.2. The molecule has 364 valence electrons. The largest absolute Gasteiger partial charge is 0.462 e. The predicted molar refractivity (Wildman–Crippen MR) is 274 cm³/mol. The Balaban J connectivity index is 4.42. The lowest BCUT2D eigenvalue weighted by molar-refractivity contribution is -0.167. The molecule has 0 fully saturated rings. The molecule has 0 aromatic heterocycles. The van der Waals surface area contributed by atoms with Crippen molar-refractivity contribution in [2.75, 3.05) is 13.2 Å². The molecule has 0 aliphatic heterocycles. The first-order chi connectivity index (χ1) is 31.5. The maximum Gasteiger partial charge on any atom is 0.306 e. The molecule has 1 unspecified atom stereocenters. The minimum absolute atomic E-state index is 0.104. The fourth-order valence-electron chi connectivity index (χ4n) is 6.85. The molecule has 0 saturated heterocycles. The van der Waals surface area contributed by atoms with Gasteiger partial charge in [-0.05, 0) is 116 Å². The third-order valence-electron chi connectivity index (χ3n) is 10.8. The summed E-state index contributed by atoms with van der Waals surface area (Å²) in [6.45, 7) is 6.38. The second kappa shape index (κ2) is 52.0. The first kappa shape index (κ1) is 60.3. The van der Waals surface area contributed by atoms with E-state index in [-0.39, 0.29) is 37.5 Å². The van der Waals surface area contributed by atoms with Crippen molar-refractivity contribution >= 4 is 17.9 Å². The lowest BCUT2D eigenvalue weighted by Gasteiger charge is -2.18. The van der Waals surface area contributed by atoms with Crippen LogP contribution in [0.15, 0.2) is 97.2 Å². The molecule has 0 spiro atoms. The van der Waals surface area contributed by atoms with Crippen molar-refractivity contribution in [2.45, 2.75) is 239 Å². The SMILES string of the molecule is CC/C=C\C/C=C\C/C=C\C/C=C\CCCCC(=O)OC(COC(=O)CCCCCCC/C=C\CCC)COC(=O)CCCCCCCC/C=C\C/C=C\C/C=C\CCCCCCC. The summed E-state index contributed by atoms with van der Waals surface area (Å²) in [5, 5.41) is 0. The van der Waals surface area contributed by atoms with Gasteiger partial charge >= 0.3 is 17.9 Å². The van der Waals surface area contributed by atoms with Gasteiger partial charge in [-0.1, -0.05) is 195 Å². The number of unbranched alkanes of at least 4 members (excludes halogenated alkanes) is 19. The van der Waals surface area contributed by atoms with E-state index < -0.39 is 6.10 Å². The van der Waals surface area contributed by atoms with Crippen LogP contribution in [0.5, 0.6) is 0 Å². The molecule has 6 heteroatoms. The summed E-state index contributed by atoms with van der Waals surface area (Å²) in [6, 6.07) is 0. The van der Waals surface area contributed by atoms with E-state index in [1.165, 1.54) is 64.2 Å². The molecule has 0 aliphatic rings. The number of allylic oxidation sites excluding steroid dienone is 16. The van der Waals surface area contributed by atoms with Gasteiger partial charge in [0.15, 0.2) is 6.10 Å². The van der Waals surface area contributed by atoms with Crippen molar-refractivity contribution in [1.82, 2.24) is 0 Å². The van der Waals surface area contributed by atoms with E-state index in [2.05, 4.69) is 118 Å². The Labute approximate surface area is 394 Å². The highest BCUT2D eigenvalue weighted by atomic mass is 16.6. The summed E-state index contributed by atoms with van der Waals surface area (Å²) in [7, 11) is 0. The Hall–Kier alpha value is -3.67. The Morgan fingerprint density at radius 2 is 0.641 bits per heavy atom. The van der Waals surface area contributed by atoms with Gasteiger partial charge in [0.05, 0.1) is 0 Å². The lowest BCUT2D eigenvalue weighted by Crippen LogP contribution is -2.30. The molecule has 0 N–H and O–H groups in total. The van der Waals surface area contributed by atoms with E-state index in [0.29, 0.717) is 19.3 Å². The monoisotopic (exact) mass is 889 g/mol. The van der Waals surface area contributed by atoms with Crippen LogP contribution in [-0.4, -0.2) is 37.2 Å². The average Bonchev–Trinajstić information content (AvgIpc) is 3.29. The van der Waals surface area contributed by atoms with Crippen LogP contribution in [-0.2, 0) is 28.6 Å². The summed E-state index contributed by atoms with van der Waals surface area (Å²) in [5.74, 6) is -0.973. The Kier molecular flexibility index (Phi) is 49.0. The van der Waals surface area contributed by atoms with Gasteiger partial charge < -0.3 is 14.2 Å². The third-order valence-corrected chi connectivity index (χ3v) is 10.8. The molecular formula is C58H96O6. The highest BCUT2D eigenvalue weighted by Gasteiger charge is 2.19. The van der Waals surface area contributed by atoms with Gasteiger partial charge in [0.1, 0.15) is 13.2 Å². The quantitative estimate of drug-likeness (QED) is 0.0262. The molecule has 0 rings (SSSR count). The molecule has 0 aromatic rings. The normalized spacial score (nSPS) is 12.9. The predicted octanol–water partition coefficient (Wildman–Crippen LogP) is 17.4. The number of ether oxygens (including phenoxy) is 3. The van der Waals surface area contributed by atoms with Crippen LogP contribution >= 0.6 is 0 Å². The number of hydrogen-bond acceptors (Lipinski definition) is 6. The molecule has 0 heterocycles. The van der Waals surface area contributed by atoms with Crippen LogP contribution in [0.25, 0.3) is 0 Å². The van der Waals surface area contributed by atoms with E-state index >= 15 is 0 Å². The van der Waals surface area contributed by atoms with Crippen molar-refractivity contribution in [3.05, 3.63) is 97.2 Å². The van der Waals surface area contributed by atoms with Crippen LogP contribution in [0, 0.1) is 0 Å². The number of carbonyl (C=O) groups is 3. The number of esters is 3. The molecule has 0 aromatic carbocycles. The standard InChI is InChI=1S/C58H96O6/c1-4-7-10-13-16-19-22-24-26-27-28-29-30-31-33-34-36-39-42-45-48-51-57(60)63-54-55(53-62-56(59)50-47-44-41-38-21-18-15-12-9-6-3)64-58(61)52-49-46-43-40-37-35-32-25-23-20-17-14-11-8-5-2/h8,11-12,15,17,20,22,24-25,27-28,30-32,37,40,55H,4-7,9-10,13-14,16,18-19,21,23,26,29,33-36,38-39,41-54H2,1-3H3/b11-8-,15-12-,20-17-,24-22-,28-27-,31-30-,32-25-,40-37-. The van der Waals surface area contributed by atoms with E-state index in [1.54, 1.807) is 0 Å². The van der Waals surface area contributed by atoms with E-state index in [4.69, 9.17) is 14.2 Å². The maximum absolute atomic E-state index is 12.8. The summed E-state index contributed by atoms with van der Waals surface area (Å²) in [6.07, 6.45) is 68.3. The first-order valence-corrected chi connectivity index (χ1v) is 26.2. The van der Waals surface area contributed by atoms with E-state index in [0.717, 1.165) is 122 Å². The van der Waals surface area contributed by atoms with E-state index in [9.17, 15) is 14.4 Å². The van der Waals surface area contributed by atoms with Crippen LogP contribution in [0.4, 0.5) is 0 Å². The molecule has 64 heavy (non-hydrogen) atoms. The second-order valence-electron chi connectivity index (χ2n) is 17.0. The molecular weight excluding hydrogens is 793 g/mol. The second-order valence-corrected chi connectivity index (χ2v) is 17.0. The number of carbonyl (C=O) groups excluding carboxylic acids is 3. The zero-order valence-corrected chi connectivity index (χ0v) is 41.5. The minimum atomic E-state index is -0.808. The van der Waals surface area contributed by atoms with Crippen LogP contribution in [0.1, 0.15) is 233 Å². The summed E-state index contributed by atoms with van der Waals surface area (Å²) >= 11 is 0. The number of hydrogen-bond donors (Lipinski definition) is 0. The third kappa shape index (κ3) is 49.3. The van der Waals surface area contributed by atoms with Crippen LogP contribution in [0.3, 0.4) is 0 Å². The fraction of sp³-hybridized carbons (Fsp3) is 0.672. The Bertz CT molecular complexity index is 1300. The molecule has 0 amide bonds. The van der Waals surface area contributed by atoms with Crippen molar-refractivity contribution in [3.8, 4) is 0 Å². The van der Waals surface area contributed by atoms with Gasteiger partial charge in [0, 0.05) is 19.3 Å². The van der Waals surface area contributed by atoms with Gasteiger partial charge in [-0.25, -0.2) is 0 Å². The maximum atomic E-state index is 12.8. The smallest absolute Gasteiger partial charge is 0.306 e. The van der Waals surface area contributed by atoms with Gasteiger partial charge in [0.2, 0.25) is 0 Å². The molecule has 0 aliphatic carbocycles. The van der Waals surface area contributed by atoms with Gasteiger partial charge in [-0.2, -0.15) is 0 Å². The van der Waals surface area contributed by atoms with Crippen molar-refractivity contribution in [3.63, 3.8) is 0 Å². The average molecular weight is 889 g/mol. The molecule has 6 nitrogen and oxygen atoms in total. The zero-order chi connectivity index (χ0) is 46.5. The molecule has 1 atom stereocenters. The Morgan fingerprint density at radius 1 is 0.328 bits per heavy atom. The topological polar surface area (TPSA) is 78.9 Å². The highest BCUT2D eigenvalue weighted by molar-refractivity contribution is 5.71. The van der Waals surface area contributed by atoms with Crippen molar-refractivity contribution < 1.29 is 28.6 Å². The molecule has 0 radical (unpaired) electrons. The summed E-state index contributed by atoms with van der Waals surface area (Å²) in [5.41, 5.74) is 0.